The number of aryl methyl sites for hydroxylation is 1. The van der Waals surface area contributed by atoms with Crippen molar-refractivity contribution in [3.05, 3.63) is 53.6 Å². The van der Waals surface area contributed by atoms with Gasteiger partial charge in [0.05, 0.1) is 6.54 Å². The molecule has 2 aromatic carbocycles. The van der Waals surface area contributed by atoms with Crippen LogP contribution in [0.1, 0.15) is 42.1 Å². The third-order valence-corrected chi connectivity index (χ3v) is 5.24. The van der Waals surface area contributed by atoms with Crippen molar-refractivity contribution in [2.24, 2.45) is 4.99 Å². The first kappa shape index (κ1) is 18.5. The zero-order chi connectivity index (χ0) is 19.3. The molecule has 0 radical (unpaired) electrons. The Morgan fingerprint density at radius 3 is 2.54 bits per heavy atom. The lowest BCUT2D eigenvalue weighted by molar-refractivity contribution is 0.100. The van der Waals surface area contributed by atoms with Crippen molar-refractivity contribution >= 4 is 17.3 Å². The molecule has 0 atom stereocenters. The summed E-state index contributed by atoms with van der Waals surface area (Å²) in [5, 5.41) is 0. The van der Waals surface area contributed by atoms with Crippen LogP contribution in [-0.2, 0) is 6.42 Å². The van der Waals surface area contributed by atoms with Crippen LogP contribution in [-0.4, -0.2) is 37.9 Å². The number of fused-ring (bicyclic) bond motifs is 1. The highest BCUT2D eigenvalue weighted by molar-refractivity contribution is 6.07. The van der Waals surface area contributed by atoms with Gasteiger partial charge in [0.25, 0.3) is 0 Å². The standard InChI is InChI=1S/C23H26N2O3/c1-2-17-6-9-19(10-7-17)25(23-5-3-4-12-24-23)16-20(26)18-8-11-21-22(15-18)28-14-13-27-21/h6-11,15H,2-5,12-14,16H2,1H3. The molecule has 0 saturated heterocycles. The molecule has 0 aliphatic carbocycles. The normalized spacial score (nSPS) is 15.7. The quantitative estimate of drug-likeness (QED) is 0.728. The molecule has 0 unspecified atom stereocenters. The van der Waals surface area contributed by atoms with Gasteiger partial charge in [0, 0.05) is 24.2 Å². The predicted octanol–water partition coefficient (Wildman–Crippen LogP) is 4.29. The molecule has 0 fully saturated rings. The lowest BCUT2D eigenvalue weighted by Gasteiger charge is -2.28. The fourth-order valence-electron chi connectivity index (χ4n) is 3.60. The SMILES string of the molecule is CCc1ccc(N(CC(=O)c2ccc3c(c2)OCCO3)C2=NCCCC2)cc1. The molecule has 2 aromatic rings. The molecule has 5 nitrogen and oxygen atoms in total. The monoisotopic (exact) mass is 378 g/mol. The Hall–Kier alpha value is -2.82. The van der Waals surface area contributed by atoms with Crippen LogP contribution in [0.5, 0.6) is 11.5 Å². The third-order valence-electron chi connectivity index (χ3n) is 5.24. The second-order valence-electron chi connectivity index (χ2n) is 7.14. The number of hydrogen-bond acceptors (Lipinski definition) is 5. The minimum absolute atomic E-state index is 0.0461. The van der Waals surface area contributed by atoms with Crippen LogP contribution in [0.4, 0.5) is 5.69 Å². The number of benzene rings is 2. The van der Waals surface area contributed by atoms with Crippen LogP contribution in [0.25, 0.3) is 0 Å². The Labute approximate surface area is 166 Å². The molecule has 146 valence electrons. The summed E-state index contributed by atoms with van der Waals surface area (Å²) in [7, 11) is 0. The molecule has 2 aliphatic heterocycles. The summed E-state index contributed by atoms with van der Waals surface area (Å²) < 4.78 is 11.2. The summed E-state index contributed by atoms with van der Waals surface area (Å²) in [5.74, 6) is 2.39. The maximum Gasteiger partial charge on any atom is 0.182 e. The second kappa shape index (κ2) is 8.46. The molecule has 28 heavy (non-hydrogen) atoms. The summed E-state index contributed by atoms with van der Waals surface area (Å²) in [6, 6.07) is 13.9. The van der Waals surface area contributed by atoms with E-state index in [-0.39, 0.29) is 12.3 Å². The number of carbonyl (C=O) groups is 1. The zero-order valence-corrected chi connectivity index (χ0v) is 16.3. The molecule has 0 saturated carbocycles. The first-order chi connectivity index (χ1) is 13.7. The Bertz CT molecular complexity index is 874. The van der Waals surface area contributed by atoms with Crippen LogP contribution < -0.4 is 14.4 Å². The smallest absolute Gasteiger partial charge is 0.182 e. The molecule has 2 aliphatic rings. The van der Waals surface area contributed by atoms with Crippen LogP contribution in [0.3, 0.4) is 0 Å². The summed E-state index contributed by atoms with van der Waals surface area (Å²) in [5.41, 5.74) is 2.94. The highest BCUT2D eigenvalue weighted by Crippen LogP contribution is 2.31. The molecular weight excluding hydrogens is 352 g/mol. The van der Waals surface area contributed by atoms with Gasteiger partial charge in [-0.15, -0.1) is 0 Å². The van der Waals surface area contributed by atoms with Crippen molar-refractivity contribution in [1.29, 1.82) is 0 Å². The number of anilines is 1. The van der Waals surface area contributed by atoms with E-state index < -0.39 is 0 Å². The number of ether oxygens (including phenoxy) is 2. The topological polar surface area (TPSA) is 51.1 Å². The van der Waals surface area contributed by atoms with Crippen LogP contribution in [0, 0.1) is 0 Å². The number of nitrogens with zero attached hydrogens (tertiary/aromatic N) is 2. The van der Waals surface area contributed by atoms with Gasteiger partial charge in [0.1, 0.15) is 19.0 Å². The van der Waals surface area contributed by atoms with E-state index in [0.29, 0.717) is 30.3 Å². The summed E-state index contributed by atoms with van der Waals surface area (Å²) >= 11 is 0. The van der Waals surface area contributed by atoms with Crippen molar-refractivity contribution in [3.63, 3.8) is 0 Å². The highest BCUT2D eigenvalue weighted by Gasteiger charge is 2.21. The van der Waals surface area contributed by atoms with Crippen molar-refractivity contribution in [1.82, 2.24) is 0 Å². The van der Waals surface area contributed by atoms with Crippen LogP contribution in [0.2, 0.25) is 0 Å². The molecule has 0 aromatic heterocycles. The Morgan fingerprint density at radius 2 is 1.82 bits per heavy atom. The van der Waals surface area contributed by atoms with Crippen molar-refractivity contribution in [2.45, 2.75) is 32.6 Å². The van der Waals surface area contributed by atoms with E-state index in [1.807, 2.05) is 12.1 Å². The highest BCUT2D eigenvalue weighted by atomic mass is 16.6. The predicted molar refractivity (Wildman–Crippen MR) is 111 cm³/mol. The number of Topliss-reactive ketones (excluding diaryl/α,β-unsaturated/α-hetero) is 1. The van der Waals surface area contributed by atoms with Gasteiger partial charge in [-0.05, 0) is 55.2 Å². The lowest BCUT2D eigenvalue weighted by Crippen LogP contribution is -2.37. The maximum atomic E-state index is 13.1. The van der Waals surface area contributed by atoms with Crippen LogP contribution >= 0.6 is 0 Å². The fraction of sp³-hybridized carbons (Fsp3) is 0.391. The minimum atomic E-state index is 0.0461. The minimum Gasteiger partial charge on any atom is -0.486 e. The van der Waals surface area contributed by atoms with E-state index in [2.05, 4.69) is 36.1 Å². The summed E-state index contributed by atoms with van der Waals surface area (Å²) in [6.45, 7) is 4.30. The number of rotatable bonds is 5. The number of ketones is 1. The van der Waals surface area contributed by atoms with E-state index in [0.717, 1.165) is 43.8 Å². The third kappa shape index (κ3) is 4.03. The second-order valence-corrected chi connectivity index (χ2v) is 7.14. The largest absolute Gasteiger partial charge is 0.486 e. The molecule has 5 heteroatoms. The van der Waals surface area contributed by atoms with Gasteiger partial charge in [-0.25, -0.2) is 0 Å². The van der Waals surface area contributed by atoms with E-state index in [4.69, 9.17) is 14.5 Å². The van der Waals surface area contributed by atoms with Gasteiger partial charge < -0.3 is 14.4 Å². The fourth-order valence-corrected chi connectivity index (χ4v) is 3.60. The molecule has 0 N–H and O–H groups in total. The van der Waals surface area contributed by atoms with Gasteiger partial charge in [0.15, 0.2) is 17.3 Å². The summed E-state index contributed by atoms with van der Waals surface area (Å²) in [4.78, 5) is 19.9. The number of hydrogen-bond donors (Lipinski definition) is 0. The molecule has 2 heterocycles. The molecule has 0 spiro atoms. The van der Waals surface area contributed by atoms with Gasteiger partial charge in [0.2, 0.25) is 0 Å². The Kier molecular flexibility index (Phi) is 5.60. The van der Waals surface area contributed by atoms with Crippen molar-refractivity contribution in [2.75, 3.05) is 31.2 Å². The first-order valence-electron chi connectivity index (χ1n) is 10.1. The molecule has 0 bridgehead atoms. The van der Waals surface area contributed by atoms with E-state index in [9.17, 15) is 4.79 Å². The van der Waals surface area contributed by atoms with E-state index in [1.54, 1.807) is 6.07 Å². The molecular formula is C23H26N2O3. The number of amidine groups is 1. The lowest BCUT2D eigenvalue weighted by atomic mass is 10.1. The van der Waals surface area contributed by atoms with Gasteiger partial charge in [-0.3, -0.25) is 9.79 Å². The van der Waals surface area contributed by atoms with E-state index in [1.165, 1.54) is 5.56 Å². The van der Waals surface area contributed by atoms with Gasteiger partial charge in [-0.1, -0.05) is 19.1 Å². The molecule has 0 amide bonds. The first-order valence-corrected chi connectivity index (χ1v) is 10.1. The summed E-state index contributed by atoms with van der Waals surface area (Å²) in [6.07, 6.45) is 4.13. The van der Waals surface area contributed by atoms with E-state index >= 15 is 0 Å². The number of aliphatic imine (C=N–C) groups is 1. The van der Waals surface area contributed by atoms with Gasteiger partial charge >= 0.3 is 0 Å². The average molecular weight is 378 g/mol. The molecule has 4 rings (SSSR count). The zero-order valence-electron chi connectivity index (χ0n) is 16.3. The average Bonchev–Trinajstić information content (AvgIpc) is 2.77. The van der Waals surface area contributed by atoms with Gasteiger partial charge in [-0.2, -0.15) is 0 Å². The Balaban J connectivity index is 1.59. The number of carbonyl (C=O) groups excluding carboxylic acids is 1. The van der Waals surface area contributed by atoms with Crippen molar-refractivity contribution < 1.29 is 14.3 Å². The van der Waals surface area contributed by atoms with Crippen molar-refractivity contribution in [3.8, 4) is 11.5 Å². The Morgan fingerprint density at radius 1 is 1.04 bits per heavy atom. The maximum absolute atomic E-state index is 13.1. The van der Waals surface area contributed by atoms with Crippen LogP contribution in [0.15, 0.2) is 47.5 Å².